The second-order valence-electron chi connectivity index (χ2n) is 4.23. The first-order valence-corrected chi connectivity index (χ1v) is 7.17. The molecule has 0 bridgehead atoms. The standard InChI is InChI=1S/C15H18BrNO2/c1-2-17-9-15-13(7-8-19-15)11-18-10-12-5-3-4-6-14(12)16/h3-8,17H,2,9-11H2,1H3. The predicted octanol–water partition coefficient (Wildman–Crippen LogP) is 3.87. The molecule has 1 N–H and O–H groups in total. The second kappa shape index (κ2) is 7.48. The summed E-state index contributed by atoms with van der Waals surface area (Å²) in [6.07, 6.45) is 1.71. The van der Waals surface area contributed by atoms with Gasteiger partial charge in [0.25, 0.3) is 0 Å². The molecule has 0 aliphatic rings. The number of benzene rings is 1. The van der Waals surface area contributed by atoms with Gasteiger partial charge in [-0.05, 0) is 24.2 Å². The Labute approximate surface area is 122 Å². The zero-order valence-corrected chi connectivity index (χ0v) is 12.6. The van der Waals surface area contributed by atoms with E-state index in [1.807, 2.05) is 24.3 Å². The largest absolute Gasteiger partial charge is 0.468 e. The first kappa shape index (κ1) is 14.3. The van der Waals surface area contributed by atoms with Gasteiger partial charge in [-0.2, -0.15) is 0 Å². The molecule has 1 aromatic heterocycles. The van der Waals surface area contributed by atoms with Gasteiger partial charge in [0.2, 0.25) is 0 Å². The molecule has 3 nitrogen and oxygen atoms in total. The topological polar surface area (TPSA) is 34.4 Å². The highest BCUT2D eigenvalue weighted by molar-refractivity contribution is 9.10. The molecule has 2 rings (SSSR count). The monoisotopic (exact) mass is 323 g/mol. The minimum atomic E-state index is 0.568. The van der Waals surface area contributed by atoms with Crippen molar-refractivity contribution >= 4 is 15.9 Å². The Morgan fingerprint density at radius 2 is 1.95 bits per heavy atom. The zero-order valence-electron chi connectivity index (χ0n) is 11.0. The Morgan fingerprint density at radius 1 is 1.16 bits per heavy atom. The number of hydrogen-bond acceptors (Lipinski definition) is 3. The minimum absolute atomic E-state index is 0.568. The highest BCUT2D eigenvalue weighted by Gasteiger charge is 2.06. The molecule has 1 aromatic carbocycles. The molecule has 0 saturated heterocycles. The summed E-state index contributed by atoms with van der Waals surface area (Å²) < 4.78 is 12.3. The molecule has 2 aromatic rings. The lowest BCUT2D eigenvalue weighted by Gasteiger charge is -2.07. The highest BCUT2D eigenvalue weighted by Crippen LogP contribution is 2.18. The van der Waals surface area contributed by atoms with Crippen molar-refractivity contribution in [3.63, 3.8) is 0 Å². The van der Waals surface area contributed by atoms with Gasteiger partial charge in [0.1, 0.15) is 5.76 Å². The van der Waals surface area contributed by atoms with E-state index in [1.54, 1.807) is 6.26 Å². The molecule has 0 amide bonds. The third kappa shape index (κ3) is 4.20. The van der Waals surface area contributed by atoms with Crippen LogP contribution in [-0.2, 0) is 24.5 Å². The summed E-state index contributed by atoms with van der Waals surface area (Å²) in [6, 6.07) is 10.1. The summed E-state index contributed by atoms with van der Waals surface area (Å²) >= 11 is 3.52. The van der Waals surface area contributed by atoms with E-state index < -0.39 is 0 Å². The van der Waals surface area contributed by atoms with Crippen molar-refractivity contribution in [2.45, 2.75) is 26.7 Å². The number of ether oxygens (including phenoxy) is 1. The Morgan fingerprint density at radius 3 is 2.74 bits per heavy atom. The van der Waals surface area contributed by atoms with Crippen LogP contribution in [0.1, 0.15) is 23.8 Å². The molecule has 0 unspecified atom stereocenters. The molecular formula is C15H18BrNO2. The van der Waals surface area contributed by atoms with Gasteiger partial charge in [0, 0.05) is 10.0 Å². The molecule has 0 aliphatic heterocycles. The summed E-state index contributed by atoms with van der Waals surface area (Å²) in [5.41, 5.74) is 2.26. The zero-order chi connectivity index (χ0) is 13.5. The van der Waals surface area contributed by atoms with Crippen molar-refractivity contribution in [3.8, 4) is 0 Å². The van der Waals surface area contributed by atoms with Crippen LogP contribution in [-0.4, -0.2) is 6.54 Å². The van der Waals surface area contributed by atoms with Crippen LogP contribution in [0.2, 0.25) is 0 Å². The van der Waals surface area contributed by atoms with Gasteiger partial charge in [-0.25, -0.2) is 0 Å². The lowest BCUT2D eigenvalue weighted by molar-refractivity contribution is 0.105. The first-order chi connectivity index (χ1) is 9.31. The average Bonchev–Trinajstić information content (AvgIpc) is 2.86. The molecule has 0 aliphatic carbocycles. The highest BCUT2D eigenvalue weighted by atomic mass is 79.9. The molecular weight excluding hydrogens is 306 g/mol. The second-order valence-corrected chi connectivity index (χ2v) is 5.09. The predicted molar refractivity (Wildman–Crippen MR) is 78.7 cm³/mol. The van der Waals surface area contributed by atoms with Crippen LogP contribution in [0.5, 0.6) is 0 Å². The molecule has 0 radical (unpaired) electrons. The Hall–Kier alpha value is -1.10. The van der Waals surface area contributed by atoms with E-state index in [-0.39, 0.29) is 0 Å². The summed E-state index contributed by atoms with van der Waals surface area (Å²) in [4.78, 5) is 0. The Kier molecular flexibility index (Phi) is 5.63. The SMILES string of the molecule is CCNCc1occc1COCc1ccccc1Br. The molecule has 0 fully saturated rings. The van der Waals surface area contributed by atoms with Crippen molar-refractivity contribution in [2.75, 3.05) is 6.54 Å². The molecule has 1 heterocycles. The van der Waals surface area contributed by atoms with Crippen molar-refractivity contribution in [3.05, 3.63) is 58.0 Å². The van der Waals surface area contributed by atoms with Crippen LogP contribution >= 0.6 is 15.9 Å². The number of halogens is 1. The lowest BCUT2D eigenvalue weighted by Crippen LogP contribution is -2.12. The molecule has 0 atom stereocenters. The van der Waals surface area contributed by atoms with E-state index in [9.17, 15) is 0 Å². The molecule has 0 saturated carbocycles. The number of rotatable bonds is 7. The molecule has 0 spiro atoms. The minimum Gasteiger partial charge on any atom is -0.468 e. The Balaban J connectivity index is 1.86. The molecule has 19 heavy (non-hydrogen) atoms. The van der Waals surface area contributed by atoms with Gasteiger partial charge in [0.05, 0.1) is 26.0 Å². The van der Waals surface area contributed by atoms with Gasteiger partial charge in [-0.3, -0.25) is 0 Å². The smallest absolute Gasteiger partial charge is 0.123 e. The lowest BCUT2D eigenvalue weighted by atomic mass is 10.2. The van der Waals surface area contributed by atoms with E-state index in [1.165, 1.54) is 0 Å². The summed E-state index contributed by atoms with van der Waals surface area (Å²) in [6.45, 7) is 4.91. The maximum Gasteiger partial charge on any atom is 0.123 e. The third-order valence-corrected chi connectivity index (χ3v) is 3.62. The van der Waals surface area contributed by atoms with Gasteiger partial charge >= 0.3 is 0 Å². The molecule has 102 valence electrons. The van der Waals surface area contributed by atoms with Gasteiger partial charge in [0.15, 0.2) is 0 Å². The van der Waals surface area contributed by atoms with E-state index in [0.29, 0.717) is 13.2 Å². The fourth-order valence-corrected chi connectivity index (χ4v) is 2.17. The fourth-order valence-electron chi connectivity index (χ4n) is 1.78. The number of furan rings is 1. The van der Waals surface area contributed by atoms with E-state index in [4.69, 9.17) is 9.15 Å². The van der Waals surface area contributed by atoms with E-state index >= 15 is 0 Å². The average molecular weight is 324 g/mol. The quantitative estimate of drug-likeness (QED) is 0.840. The maximum atomic E-state index is 5.75. The summed E-state index contributed by atoms with van der Waals surface area (Å²) in [5.74, 6) is 0.953. The maximum absolute atomic E-state index is 5.75. The first-order valence-electron chi connectivity index (χ1n) is 6.38. The van der Waals surface area contributed by atoms with Gasteiger partial charge < -0.3 is 14.5 Å². The van der Waals surface area contributed by atoms with E-state index in [2.05, 4.69) is 34.2 Å². The van der Waals surface area contributed by atoms with Crippen LogP contribution in [0.15, 0.2) is 45.5 Å². The van der Waals surface area contributed by atoms with Crippen LogP contribution in [0.25, 0.3) is 0 Å². The van der Waals surface area contributed by atoms with Crippen molar-refractivity contribution < 1.29 is 9.15 Å². The van der Waals surface area contributed by atoms with Crippen LogP contribution in [0.3, 0.4) is 0 Å². The van der Waals surface area contributed by atoms with Crippen molar-refractivity contribution in [2.24, 2.45) is 0 Å². The van der Waals surface area contributed by atoms with E-state index in [0.717, 1.165) is 34.4 Å². The fraction of sp³-hybridized carbons (Fsp3) is 0.333. The van der Waals surface area contributed by atoms with Crippen LogP contribution < -0.4 is 5.32 Å². The molecule has 4 heteroatoms. The van der Waals surface area contributed by atoms with Gasteiger partial charge in [-0.15, -0.1) is 0 Å². The van der Waals surface area contributed by atoms with Crippen molar-refractivity contribution in [1.82, 2.24) is 5.32 Å². The third-order valence-electron chi connectivity index (χ3n) is 2.85. The summed E-state index contributed by atoms with van der Waals surface area (Å²) in [7, 11) is 0. The van der Waals surface area contributed by atoms with Gasteiger partial charge in [-0.1, -0.05) is 41.1 Å². The summed E-state index contributed by atoms with van der Waals surface area (Å²) in [5, 5.41) is 3.25. The van der Waals surface area contributed by atoms with Crippen molar-refractivity contribution in [1.29, 1.82) is 0 Å². The van der Waals surface area contributed by atoms with Crippen LogP contribution in [0, 0.1) is 0 Å². The Bertz CT molecular complexity index is 510. The number of hydrogen-bond donors (Lipinski definition) is 1. The number of nitrogens with one attached hydrogen (secondary N) is 1. The van der Waals surface area contributed by atoms with Crippen LogP contribution in [0.4, 0.5) is 0 Å². The normalized spacial score (nSPS) is 10.8.